The Balaban J connectivity index is 1.64. The molecule has 1 amide bonds. The minimum Gasteiger partial charge on any atom is -0.481 e. The van der Waals surface area contributed by atoms with E-state index < -0.39 is 5.82 Å². The van der Waals surface area contributed by atoms with Crippen molar-refractivity contribution in [3.8, 4) is 5.75 Å². The standard InChI is InChI=1S/C17H16FN3O4/c1-11(13-7-8-25-20-13)21(2)17(22)14-9-24-16(19-14)10-23-15-6-4-3-5-12(15)18/h3-9,11H,10H2,1-2H3. The lowest BCUT2D eigenvalue weighted by atomic mass is 10.2. The minimum absolute atomic E-state index is 0.0865. The van der Waals surface area contributed by atoms with Crippen molar-refractivity contribution in [2.75, 3.05) is 7.05 Å². The maximum absolute atomic E-state index is 13.5. The summed E-state index contributed by atoms with van der Waals surface area (Å²) in [4.78, 5) is 18.0. The molecule has 130 valence electrons. The minimum atomic E-state index is -0.480. The van der Waals surface area contributed by atoms with Crippen molar-refractivity contribution >= 4 is 5.91 Å². The normalized spacial score (nSPS) is 12.0. The lowest BCUT2D eigenvalue weighted by molar-refractivity contribution is 0.0731. The molecule has 1 unspecified atom stereocenters. The van der Waals surface area contributed by atoms with Gasteiger partial charge in [-0.05, 0) is 19.1 Å². The maximum Gasteiger partial charge on any atom is 0.276 e. The Morgan fingerprint density at radius 2 is 2.16 bits per heavy atom. The van der Waals surface area contributed by atoms with Gasteiger partial charge in [0, 0.05) is 13.1 Å². The number of rotatable bonds is 6. The molecule has 0 aliphatic rings. The van der Waals surface area contributed by atoms with E-state index >= 15 is 0 Å². The smallest absolute Gasteiger partial charge is 0.276 e. The van der Waals surface area contributed by atoms with Gasteiger partial charge in [0.15, 0.2) is 23.9 Å². The number of hydrogen-bond donors (Lipinski definition) is 0. The van der Waals surface area contributed by atoms with Crippen molar-refractivity contribution in [1.82, 2.24) is 15.0 Å². The molecule has 1 atom stereocenters. The Morgan fingerprint density at radius 1 is 1.36 bits per heavy atom. The van der Waals surface area contributed by atoms with Crippen LogP contribution in [0.2, 0.25) is 0 Å². The Kier molecular flexibility index (Phi) is 4.78. The Morgan fingerprint density at radius 3 is 2.88 bits per heavy atom. The van der Waals surface area contributed by atoms with Crippen molar-refractivity contribution < 1.29 is 22.9 Å². The SMILES string of the molecule is CC(c1ccon1)N(C)C(=O)c1coc(COc2ccccc2F)n1. The highest BCUT2D eigenvalue weighted by Gasteiger charge is 2.23. The van der Waals surface area contributed by atoms with Crippen LogP contribution in [0.3, 0.4) is 0 Å². The molecule has 2 heterocycles. The van der Waals surface area contributed by atoms with Gasteiger partial charge in [-0.15, -0.1) is 0 Å². The van der Waals surface area contributed by atoms with E-state index in [9.17, 15) is 9.18 Å². The van der Waals surface area contributed by atoms with E-state index in [4.69, 9.17) is 13.7 Å². The number of para-hydroxylation sites is 1. The molecule has 0 spiro atoms. The van der Waals surface area contributed by atoms with Gasteiger partial charge in [0.05, 0.1) is 6.04 Å². The second-order valence-electron chi connectivity index (χ2n) is 5.36. The average molecular weight is 345 g/mol. The van der Waals surface area contributed by atoms with Crippen LogP contribution in [0.25, 0.3) is 0 Å². The molecule has 0 saturated carbocycles. The van der Waals surface area contributed by atoms with Crippen LogP contribution in [0.15, 0.2) is 51.8 Å². The molecule has 3 aromatic rings. The van der Waals surface area contributed by atoms with Gasteiger partial charge < -0.3 is 18.6 Å². The van der Waals surface area contributed by atoms with Gasteiger partial charge in [-0.1, -0.05) is 17.3 Å². The van der Waals surface area contributed by atoms with Crippen LogP contribution in [-0.4, -0.2) is 28.0 Å². The number of benzene rings is 1. The van der Waals surface area contributed by atoms with Gasteiger partial charge in [-0.3, -0.25) is 4.79 Å². The first-order valence-corrected chi connectivity index (χ1v) is 7.55. The summed E-state index contributed by atoms with van der Waals surface area (Å²) in [5.74, 6) is -0.553. The molecule has 7 nitrogen and oxygen atoms in total. The molecule has 8 heteroatoms. The van der Waals surface area contributed by atoms with E-state index in [0.717, 1.165) is 0 Å². The van der Waals surface area contributed by atoms with Gasteiger partial charge in [-0.2, -0.15) is 0 Å². The summed E-state index contributed by atoms with van der Waals surface area (Å²) in [6.07, 6.45) is 2.69. The van der Waals surface area contributed by atoms with E-state index in [1.165, 1.54) is 29.6 Å². The summed E-state index contributed by atoms with van der Waals surface area (Å²) in [5.41, 5.74) is 0.757. The number of nitrogens with zero attached hydrogens (tertiary/aromatic N) is 3. The molecule has 3 rings (SSSR count). The fourth-order valence-corrected chi connectivity index (χ4v) is 2.17. The molecule has 0 aliphatic heterocycles. The van der Waals surface area contributed by atoms with Gasteiger partial charge in [0.2, 0.25) is 5.89 Å². The van der Waals surface area contributed by atoms with Crippen molar-refractivity contribution in [3.05, 3.63) is 66.0 Å². The van der Waals surface area contributed by atoms with Crippen LogP contribution in [0.4, 0.5) is 4.39 Å². The fourth-order valence-electron chi connectivity index (χ4n) is 2.17. The Labute approximate surface area is 143 Å². The van der Waals surface area contributed by atoms with Gasteiger partial charge in [0.1, 0.15) is 18.2 Å². The molecule has 0 radical (unpaired) electrons. The van der Waals surface area contributed by atoms with Crippen LogP contribution in [-0.2, 0) is 6.61 Å². The van der Waals surface area contributed by atoms with Crippen LogP contribution in [0.5, 0.6) is 5.75 Å². The number of carbonyl (C=O) groups is 1. The molecular weight excluding hydrogens is 329 g/mol. The van der Waals surface area contributed by atoms with Gasteiger partial charge in [0.25, 0.3) is 5.91 Å². The van der Waals surface area contributed by atoms with Crippen LogP contribution in [0, 0.1) is 5.82 Å². The Bertz CT molecular complexity index is 847. The number of hydrogen-bond acceptors (Lipinski definition) is 6. The van der Waals surface area contributed by atoms with Crippen molar-refractivity contribution in [3.63, 3.8) is 0 Å². The quantitative estimate of drug-likeness (QED) is 0.682. The monoisotopic (exact) mass is 345 g/mol. The molecule has 25 heavy (non-hydrogen) atoms. The van der Waals surface area contributed by atoms with Crippen molar-refractivity contribution in [2.45, 2.75) is 19.6 Å². The van der Waals surface area contributed by atoms with Crippen LogP contribution >= 0.6 is 0 Å². The summed E-state index contributed by atoms with van der Waals surface area (Å²) < 4.78 is 28.8. The van der Waals surface area contributed by atoms with E-state index in [1.54, 1.807) is 25.2 Å². The number of oxazole rings is 1. The number of halogens is 1. The topological polar surface area (TPSA) is 81.6 Å². The first kappa shape index (κ1) is 16.7. The molecule has 0 fully saturated rings. The first-order chi connectivity index (χ1) is 12.1. The highest BCUT2D eigenvalue weighted by molar-refractivity contribution is 5.92. The first-order valence-electron chi connectivity index (χ1n) is 7.55. The number of amides is 1. The summed E-state index contributed by atoms with van der Waals surface area (Å²) >= 11 is 0. The van der Waals surface area contributed by atoms with Crippen LogP contribution < -0.4 is 4.74 Å². The molecule has 2 aromatic heterocycles. The summed E-state index contributed by atoms with van der Waals surface area (Å²) in [6.45, 7) is 1.73. The molecule has 0 bridgehead atoms. The third kappa shape index (κ3) is 3.68. The summed E-state index contributed by atoms with van der Waals surface area (Å²) in [7, 11) is 1.63. The molecule has 0 N–H and O–H groups in total. The number of carbonyl (C=O) groups excluding carboxylic acids is 1. The predicted molar refractivity (Wildman–Crippen MR) is 84.2 cm³/mol. The highest BCUT2D eigenvalue weighted by atomic mass is 19.1. The van der Waals surface area contributed by atoms with E-state index in [0.29, 0.717) is 5.69 Å². The van der Waals surface area contributed by atoms with E-state index in [-0.39, 0.29) is 35.9 Å². The molecule has 0 aliphatic carbocycles. The maximum atomic E-state index is 13.5. The summed E-state index contributed by atoms with van der Waals surface area (Å²) in [5, 5.41) is 3.82. The summed E-state index contributed by atoms with van der Waals surface area (Å²) in [6, 6.07) is 7.41. The van der Waals surface area contributed by atoms with Crippen molar-refractivity contribution in [2.24, 2.45) is 0 Å². The molecule has 1 aromatic carbocycles. The lowest BCUT2D eigenvalue weighted by Gasteiger charge is -2.21. The highest BCUT2D eigenvalue weighted by Crippen LogP contribution is 2.20. The number of aromatic nitrogens is 2. The second-order valence-corrected chi connectivity index (χ2v) is 5.36. The predicted octanol–water partition coefficient (Wildman–Crippen LogP) is 3.21. The average Bonchev–Trinajstić information content (AvgIpc) is 3.31. The fraction of sp³-hybridized carbons (Fsp3) is 0.235. The zero-order chi connectivity index (χ0) is 17.8. The Hall–Kier alpha value is -3.16. The third-order valence-corrected chi connectivity index (χ3v) is 3.75. The zero-order valence-corrected chi connectivity index (χ0v) is 13.7. The van der Waals surface area contributed by atoms with Gasteiger partial charge in [-0.25, -0.2) is 9.37 Å². The number of ether oxygens (including phenoxy) is 1. The largest absolute Gasteiger partial charge is 0.481 e. The third-order valence-electron chi connectivity index (χ3n) is 3.75. The van der Waals surface area contributed by atoms with Crippen LogP contribution in [0.1, 0.15) is 35.0 Å². The lowest BCUT2D eigenvalue weighted by Crippen LogP contribution is -2.30. The van der Waals surface area contributed by atoms with Gasteiger partial charge >= 0.3 is 0 Å². The van der Waals surface area contributed by atoms with E-state index in [2.05, 4.69) is 10.1 Å². The molecule has 0 saturated heterocycles. The second kappa shape index (κ2) is 7.16. The molecular formula is C17H16FN3O4. The van der Waals surface area contributed by atoms with Crippen molar-refractivity contribution in [1.29, 1.82) is 0 Å². The zero-order valence-electron chi connectivity index (χ0n) is 13.7. The van der Waals surface area contributed by atoms with E-state index in [1.807, 2.05) is 6.92 Å².